The summed E-state index contributed by atoms with van der Waals surface area (Å²) < 4.78 is 6.32. The molecule has 0 unspecified atom stereocenters. The van der Waals surface area contributed by atoms with E-state index < -0.39 is 5.41 Å². The maximum Gasteiger partial charge on any atom is 0.135 e. The summed E-state index contributed by atoms with van der Waals surface area (Å²) in [5.74, 6) is 3.51. The molecule has 0 amide bonds. The molecule has 1 heterocycles. The zero-order valence-electron chi connectivity index (χ0n) is 34.5. The number of aryl methyl sites for hydroxylation is 1. The summed E-state index contributed by atoms with van der Waals surface area (Å²) in [6.45, 7) is 6.74. The Hall–Kier alpha value is -7.60. The minimum absolute atomic E-state index is 0.198. The standard InChI is InChI=1S/C59H43NO/c1-5-6-24-44-39(2)61-56-36-34-42(37-51(44)56)60(55-32-18-15-27-48(55)50-29-19-28-49-46-26-13-16-30-52(46)58(3,4)57(49)50)43-33-35-47-45-25-14-17-31-53(45)59(54(47)38-43,40-20-9-7-10-21-40)41-22-11-8-12-23-41/h1,6-38H,2-4H3/b24-6-. The highest BCUT2D eigenvalue weighted by molar-refractivity contribution is 5.98. The van der Waals surface area contributed by atoms with Gasteiger partial charge in [-0.2, -0.15) is 0 Å². The summed E-state index contributed by atoms with van der Waals surface area (Å²) in [4.78, 5) is 2.45. The van der Waals surface area contributed by atoms with Crippen molar-refractivity contribution in [2.75, 3.05) is 4.90 Å². The van der Waals surface area contributed by atoms with Gasteiger partial charge in [0.05, 0.1) is 11.1 Å². The van der Waals surface area contributed by atoms with Crippen molar-refractivity contribution in [3.63, 3.8) is 0 Å². The van der Waals surface area contributed by atoms with E-state index in [-0.39, 0.29) is 5.41 Å². The number of benzene rings is 8. The molecule has 2 aliphatic rings. The van der Waals surface area contributed by atoms with Gasteiger partial charge < -0.3 is 9.32 Å². The molecule has 0 N–H and O–H groups in total. The molecule has 0 aliphatic heterocycles. The zero-order valence-corrected chi connectivity index (χ0v) is 34.5. The van der Waals surface area contributed by atoms with Crippen LogP contribution >= 0.6 is 0 Å². The number of furan rings is 1. The lowest BCUT2D eigenvalue weighted by Gasteiger charge is -2.35. The van der Waals surface area contributed by atoms with Crippen LogP contribution in [0.15, 0.2) is 199 Å². The van der Waals surface area contributed by atoms with Crippen LogP contribution in [0.4, 0.5) is 17.1 Å². The Morgan fingerprint density at radius 3 is 1.77 bits per heavy atom. The molecule has 0 fully saturated rings. The molecule has 11 rings (SSSR count). The van der Waals surface area contributed by atoms with Crippen molar-refractivity contribution < 1.29 is 4.42 Å². The van der Waals surface area contributed by atoms with Gasteiger partial charge in [-0.05, 0) is 117 Å². The van der Waals surface area contributed by atoms with Crippen LogP contribution in [0.1, 0.15) is 58.6 Å². The van der Waals surface area contributed by atoms with Crippen LogP contribution in [-0.4, -0.2) is 0 Å². The molecule has 0 saturated carbocycles. The average Bonchev–Trinajstić information content (AvgIpc) is 3.88. The van der Waals surface area contributed by atoms with E-state index in [1.807, 2.05) is 13.0 Å². The third kappa shape index (κ3) is 5.37. The van der Waals surface area contributed by atoms with Crippen molar-refractivity contribution in [1.82, 2.24) is 0 Å². The van der Waals surface area contributed by atoms with E-state index in [9.17, 15) is 0 Å². The predicted octanol–water partition coefficient (Wildman–Crippen LogP) is 15.2. The first-order chi connectivity index (χ1) is 29.9. The van der Waals surface area contributed by atoms with Crippen LogP contribution in [0, 0.1) is 19.3 Å². The summed E-state index contributed by atoms with van der Waals surface area (Å²) in [5.41, 5.74) is 19.4. The Labute approximate surface area is 358 Å². The summed E-state index contributed by atoms with van der Waals surface area (Å²) in [6, 6.07) is 69.2. The second-order valence-corrected chi connectivity index (χ2v) is 16.8. The fourth-order valence-electron chi connectivity index (χ4n) is 10.7. The molecular formula is C59H43NO. The van der Waals surface area contributed by atoms with E-state index in [0.717, 1.165) is 44.9 Å². The van der Waals surface area contributed by atoms with E-state index in [0.29, 0.717) is 0 Å². The van der Waals surface area contributed by atoms with Crippen LogP contribution in [0.25, 0.3) is 50.4 Å². The predicted molar refractivity (Wildman–Crippen MR) is 254 cm³/mol. The third-order valence-corrected chi connectivity index (χ3v) is 13.2. The fraction of sp³-hybridized carbons (Fsp3) is 0.0847. The Kier molecular flexibility index (Phi) is 8.38. The quantitative estimate of drug-likeness (QED) is 0.150. The monoisotopic (exact) mass is 781 g/mol. The van der Waals surface area contributed by atoms with Gasteiger partial charge in [-0.25, -0.2) is 0 Å². The molecule has 8 aromatic carbocycles. The summed E-state index contributed by atoms with van der Waals surface area (Å²) >= 11 is 0. The van der Waals surface area contributed by atoms with Crippen molar-refractivity contribution >= 4 is 34.1 Å². The van der Waals surface area contributed by atoms with Gasteiger partial charge in [-0.1, -0.05) is 171 Å². The molecule has 0 atom stereocenters. The van der Waals surface area contributed by atoms with Gasteiger partial charge in [0.25, 0.3) is 0 Å². The second kappa shape index (κ2) is 14.0. The number of hydrogen-bond acceptors (Lipinski definition) is 2. The number of fused-ring (bicyclic) bond motifs is 7. The first kappa shape index (κ1) is 36.5. The molecule has 1 aromatic heterocycles. The molecule has 9 aromatic rings. The van der Waals surface area contributed by atoms with E-state index in [1.165, 1.54) is 61.2 Å². The van der Waals surface area contributed by atoms with Gasteiger partial charge >= 0.3 is 0 Å². The van der Waals surface area contributed by atoms with Crippen molar-refractivity contribution in [3.05, 3.63) is 239 Å². The molecule has 0 spiro atoms. The highest BCUT2D eigenvalue weighted by Crippen LogP contribution is 2.58. The van der Waals surface area contributed by atoms with E-state index in [1.54, 1.807) is 6.08 Å². The molecule has 290 valence electrons. The average molecular weight is 782 g/mol. The fourth-order valence-corrected chi connectivity index (χ4v) is 10.7. The number of terminal acetylenes is 1. The maximum atomic E-state index is 6.32. The molecular weight excluding hydrogens is 739 g/mol. The summed E-state index contributed by atoms with van der Waals surface area (Å²) in [5, 5.41) is 1.01. The zero-order chi connectivity index (χ0) is 41.3. The molecule has 0 radical (unpaired) electrons. The number of rotatable bonds is 7. The van der Waals surface area contributed by atoms with E-state index >= 15 is 0 Å². The Bertz CT molecular complexity index is 3210. The van der Waals surface area contributed by atoms with Crippen molar-refractivity contribution in [1.29, 1.82) is 0 Å². The van der Waals surface area contributed by atoms with Crippen molar-refractivity contribution in [2.45, 2.75) is 31.6 Å². The Balaban J connectivity index is 1.21. The van der Waals surface area contributed by atoms with Gasteiger partial charge in [-0.3, -0.25) is 0 Å². The largest absolute Gasteiger partial charge is 0.461 e. The lowest BCUT2D eigenvalue weighted by Crippen LogP contribution is -2.28. The molecule has 0 bridgehead atoms. The van der Waals surface area contributed by atoms with Gasteiger partial charge in [0.15, 0.2) is 0 Å². The first-order valence-electron chi connectivity index (χ1n) is 21.1. The highest BCUT2D eigenvalue weighted by Gasteiger charge is 2.46. The summed E-state index contributed by atoms with van der Waals surface area (Å²) in [6.07, 6.45) is 9.46. The first-order valence-corrected chi connectivity index (χ1v) is 21.1. The van der Waals surface area contributed by atoms with Crippen LogP contribution in [-0.2, 0) is 10.8 Å². The summed E-state index contributed by atoms with van der Waals surface area (Å²) in [7, 11) is 0. The topological polar surface area (TPSA) is 16.4 Å². The Morgan fingerprint density at radius 2 is 1.07 bits per heavy atom. The lowest BCUT2D eigenvalue weighted by atomic mass is 9.67. The van der Waals surface area contributed by atoms with Crippen molar-refractivity contribution in [3.8, 4) is 45.7 Å². The number of hydrogen-bond donors (Lipinski definition) is 0. The molecule has 0 saturated heterocycles. The normalized spacial score (nSPS) is 14.0. The van der Waals surface area contributed by atoms with Crippen LogP contribution in [0.3, 0.4) is 0 Å². The van der Waals surface area contributed by atoms with Crippen LogP contribution < -0.4 is 4.90 Å². The lowest BCUT2D eigenvalue weighted by molar-refractivity contribution is 0.577. The van der Waals surface area contributed by atoms with Gasteiger partial charge in [0.1, 0.15) is 11.3 Å². The SMILES string of the molecule is C#C/C=C\c1c(C)oc2ccc(N(c3ccc4c(c3)C(c3ccccc3)(c3ccccc3)c3ccccc3-4)c3ccccc3-c3cccc4c3C(C)(C)c3ccccc3-4)cc12. The number of anilines is 3. The molecule has 2 aliphatic carbocycles. The third-order valence-electron chi connectivity index (χ3n) is 13.2. The molecule has 2 nitrogen and oxygen atoms in total. The van der Waals surface area contributed by atoms with Gasteiger partial charge in [0.2, 0.25) is 0 Å². The second-order valence-electron chi connectivity index (χ2n) is 16.8. The van der Waals surface area contributed by atoms with Crippen LogP contribution in [0.5, 0.6) is 0 Å². The smallest absolute Gasteiger partial charge is 0.135 e. The minimum atomic E-state index is -0.551. The number of para-hydroxylation sites is 1. The van der Waals surface area contributed by atoms with Crippen molar-refractivity contribution in [2.24, 2.45) is 0 Å². The Morgan fingerprint density at radius 1 is 0.525 bits per heavy atom. The minimum Gasteiger partial charge on any atom is -0.461 e. The number of allylic oxidation sites excluding steroid dienone is 1. The van der Waals surface area contributed by atoms with Gasteiger partial charge in [-0.15, -0.1) is 6.42 Å². The number of nitrogens with zero attached hydrogens (tertiary/aromatic N) is 1. The molecule has 61 heavy (non-hydrogen) atoms. The highest BCUT2D eigenvalue weighted by atomic mass is 16.3. The maximum absolute atomic E-state index is 6.32. The van der Waals surface area contributed by atoms with E-state index in [2.05, 4.69) is 213 Å². The van der Waals surface area contributed by atoms with E-state index in [4.69, 9.17) is 10.8 Å². The van der Waals surface area contributed by atoms with Crippen LogP contribution in [0.2, 0.25) is 0 Å². The molecule has 2 heteroatoms. The van der Waals surface area contributed by atoms with Gasteiger partial charge in [0, 0.05) is 33.3 Å².